The van der Waals surface area contributed by atoms with E-state index in [4.69, 9.17) is 0 Å². The summed E-state index contributed by atoms with van der Waals surface area (Å²) < 4.78 is 0. The molecule has 3 rings (SSSR count). The number of fused-ring (bicyclic) bond motifs is 1. The van der Waals surface area contributed by atoms with Crippen LogP contribution in [0, 0.1) is 19.6 Å². The van der Waals surface area contributed by atoms with E-state index in [1.54, 1.807) is 0 Å². The molecular weight excluding hydrogens is 330 g/mol. The molecule has 1 unspecified atom stereocenters. The van der Waals surface area contributed by atoms with Gasteiger partial charge in [-0.25, -0.2) is 0 Å². The average molecular weight is 345 g/mol. The zero-order valence-electron chi connectivity index (χ0n) is 10.9. The molecule has 19 heavy (non-hydrogen) atoms. The molecule has 1 heterocycles. The van der Waals surface area contributed by atoms with E-state index in [1.165, 1.54) is 21.9 Å². The van der Waals surface area contributed by atoms with Crippen molar-refractivity contribution in [2.45, 2.75) is 13.8 Å². The van der Waals surface area contributed by atoms with Crippen molar-refractivity contribution >= 4 is 19.0 Å². The molecule has 1 aromatic heterocycles. The first-order chi connectivity index (χ1) is 7.77. The van der Waals surface area contributed by atoms with Crippen LogP contribution < -0.4 is 24.8 Å². The fourth-order valence-electron chi connectivity index (χ4n) is 1.53. The van der Waals surface area contributed by atoms with Crippen LogP contribution in [0.2, 0.25) is 0 Å². The number of benzene rings is 1. The first-order valence-electron chi connectivity index (χ1n) is 5.40. The second-order valence-corrected chi connectivity index (χ2v) is 4.70. The molecule has 0 amide bonds. The number of hydrogen-bond donors (Lipinski definition) is 0. The van der Waals surface area contributed by atoms with E-state index in [1.807, 2.05) is 0 Å². The number of rotatable bonds is 0. The van der Waals surface area contributed by atoms with E-state index in [2.05, 4.69) is 67.9 Å². The Morgan fingerprint density at radius 3 is 2.21 bits per heavy atom. The maximum atomic E-state index is 3.22. The molecule has 98 valence electrons. The van der Waals surface area contributed by atoms with Gasteiger partial charge in [-0.15, -0.1) is 29.7 Å². The Kier molecular flexibility index (Phi) is 11.9. The fraction of sp³-hybridized carbons (Fsp3) is 0.133. The van der Waals surface area contributed by atoms with E-state index < -0.39 is 0 Å². The van der Waals surface area contributed by atoms with E-state index in [9.17, 15) is 0 Å². The van der Waals surface area contributed by atoms with Crippen molar-refractivity contribution in [2.75, 3.05) is 0 Å². The minimum absolute atomic E-state index is 0. The van der Waals surface area contributed by atoms with Crippen LogP contribution in [0.25, 0.3) is 10.8 Å². The average Bonchev–Trinajstić information content (AvgIpc) is 2.89. The van der Waals surface area contributed by atoms with Gasteiger partial charge in [-0.2, -0.15) is 40.2 Å². The molecule has 0 saturated heterocycles. The van der Waals surface area contributed by atoms with Gasteiger partial charge in [-0.1, -0.05) is 19.9 Å². The van der Waals surface area contributed by atoms with Gasteiger partial charge in [0, 0.05) is 0 Å². The summed E-state index contributed by atoms with van der Waals surface area (Å²) in [6, 6.07) is 14.7. The summed E-state index contributed by atoms with van der Waals surface area (Å²) in [4.78, 5) is 0. The largest absolute Gasteiger partial charge is 4.00 e. The van der Waals surface area contributed by atoms with Gasteiger partial charge in [0.2, 0.25) is 0 Å². The third-order valence-electron chi connectivity index (χ3n) is 2.69. The predicted molar refractivity (Wildman–Crippen MR) is 73.8 cm³/mol. The summed E-state index contributed by atoms with van der Waals surface area (Å²) in [5.41, 5.74) is 2.73. The van der Waals surface area contributed by atoms with Gasteiger partial charge in [0.05, 0.1) is 0 Å². The molecule has 3 aromatic rings. The van der Waals surface area contributed by atoms with Gasteiger partial charge < -0.3 is 24.8 Å². The first kappa shape index (κ1) is 21.2. The van der Waals surface area contributed by atoms with Crippen molar-refractivity contribution in [3.63, 3.8) is 0 Å². The molecule has 1 atom stereocenters. The fourth-order valence-corrected chi connectivity index (χ4v) is 2.45. The van der Waals surface area contributed by atoms with E-state index >= 15 is 0 Å². The Morgan fingerprint density at radius 2 is 1.74 bits per heavy atom. The molecule has 0 aliphatic carbocycles. The monoisotopic (exact) mass is 344 g/mol. The Balaban J connectivity index is 0. The smallest absolute Gasteiger partial charge is 1.00 e. The molecule has 0 aliphatic heterocycles. The summed E-state index contributed by atoms with van der Waals surface area (Å²) in [6.45, 7) is 4.23. The standard InChI is InChI=1S/C9H7.C6H8P.2ClH.Ti/c1-2-5-9-7-3-6-8(9)4-1;1-5-3-7-4-6(5)2;;;/h1-7H;3,7H,1-2H3;2*1H;/q2*-1;;;+4/p-2. The van der Waals surface area contributed by atoms with Crippen molar-refractivity contribution in [3.05, 3.63) is 65.2 Å². The van der Waals surface area contributed by atoms with Gasteiger partial charge in [-0.3, -0.25) is 8.19 Å². The summed E-state index contributed by atoms with van der Waals surface area (Å²) in [5.74, 6) is 5.44. The van der Waals surface area contributed by atoms with E-state index in [-0.39, 0.29) is 46.5 Å². The number of hydrogen-bond acceptors (Lipinski definition) is 0. The molecule has 0 radical (unpaired) electrons. The second kappa shape index (κ2) is 10.7. The number of halogens is 2. The minimum atomic E-state index is 0. The quantitative estimate of drug-likeness (QED) is 0.351. The molecule has 2 aromatic carbocycles. The second-order valence-electron chi connectivity index (χ2n) is 3.88. The molecule has 0 nitrogen and oxygen atoms in total. The third kappa shape index (κ3) is 6.26. The van der Waals surface area contributed by atoms with E-state index in [0.29, 0.717) is 0 Å². The molecule has 0 spiro atoms. The van der Waals surface area contributed by atoms with Crippen molar-refractivity contribution < 1.29 is 46.5 Å². The van der Waals surface area contributed by atoms with Crippen molar-refractivity contribution in [1.82, 2.24) is 0 Å². The van der Waals surface area contributed by atoms with Crippen LogP contribution in [-0.2, 0) is 21.7 Å². The molecule has 0 saturated carbocycles. The van der Waals surface area contributed by atoms with Crippen molar-refractivity contribution in [2.24, 2.45) is 0 Å². The van der Waals surface area contributed by atoms with Crippen LogP contribution in [0.4, 0.5) is 0 Å². The summed E-state index contributed by atoms with van der Waals surface area (Å²) in [5, 5.41) is 2.66. The maximum absolute atomic E-state index is 3.22. The van der Waals surface area contributed by atoms with Crippen LogP contribution >= 0.6 is 8.19 Å². The summed E-state index contributed by atoms with van der Waals surface area (Å²) in [6.07, 6.45) is 0. The van der Waals surface area contributed by atoms with Gasteiger partial charge in [0.15, 0.2) is 0 Å². The Hall–Kier alpha value is -0.0957. The van der Waals surface area contributed by atoms with Crippen molar-refractivity contribution in [1.29, 1.82) is 0 Å². The Morgan fingerprint density at radius 1 is 1.05 bits per heavy atom. The molecule has 0 aliphatic rings. The van der Waals surface area contributed by atoms with Crippen LogP contribution in [0.5, 0.6) is 0 Å². The van der Waals surface area contributed by atoms with Gasteiger partial charge in [-0.05, 0) is 0 Å². The first-order valence-corrected chi connectivity index (χ1v) is 6.48. The van der Waals surface area contributed by atoms with Crippen LogP contribution in [0.15, 0.2) is 48.3 Å². The molecular formula is C15H15Cl2PTi. The Labute approximate surface area is 144 Å². The third-order valence-corrected chi connectivity index (χ3v) is 3.78. The zero-order chi connectivity index (χ0) is 11.4. The summed E-state index contributed by atoms with van der Waals surface area (Å²) in [7, 11) is 0.820. The summed E-state index contributed by atoms with van der Waals surface area (Å²) >= 11 is 0. The molecule has 0 bridgehead atoms. The topological polar surface area (TPSA) is 0 Å². The molecule has 4 heteroatoms. The number of aryl methyl sites for hydroxylation is 2. The maximum Gasteiger partial charge on any atom is 4.00 e. The van der Waals surface area contributed by atoms with Crippen LogP contribution in [-0.4, -0.2) is 0 Å². The van der Waals surface area contributed by atoms with E-state index in [0.717, 1.165) is 8.19 Å². The van der Waals surface area contributed by atoms with Gasteiger partial charge >= 0.3 is 21.7 Å². The van der Waals surface area contributed by atoms with Gasteiger partial charge in [0.25, 0.3) is 0 Å². The van der Waals surface area contributed by atoms with Crippen LogP contribution in [0.3, 0.4) is 0 Å². The molecule has 0 fully saturated rings. The zero-order valence-corrected chi connectivity index (χ0v) is 14.9. The predicted octanol–water partition coefficient (Wildman–Crippen LogP) is -1.30. The van der Waals surface area contributed by atoms with Crippen LogP contribution in [0.1, 0.15) is 11.1 Å². The SMILES string of the molecule is Cc1[c-][pH]cc1C.[Cl-].[Cl-].[Ti+4].c1ccc2[cH-]ccc2c1. The van der Waals surface area contributed by atoms with Crippen molar-refractivity contribution in [3.8, 4) is 0 Å². The van der Waals surface area contributed by atoms with Gasteiger partial charge in [0.1, 0.15) is 0 Å². The minimum Gasteiger partial charge on any atom is -1.00 e. The Bertz CT molecular complexity index is 525. The normalized spacial score (nSPS) is 8.74. The molecule has 0 N–H and O–H groups in total.